The fourth-order valence-corrected chi connectivity index (χ4v) is 3.24. The lowest BCUT2D eigenvalue weighted by molar-refractivity contribution is -0.277. The first-order chi connectivity index (χ1) is 13.2. The predicted octanol–water partition coefficient (Wildman–Crippen LogP) is -0.588. The van der Waals surface area contributed by atoms with Crippen LogP contribution in [-0.2, 0) is 16.0 Å². The van der Waals surface area contributed by atoms with Crippen molar-refractivity contribution in [3.8, 4) is 5.75 Å². The van der Waals surface area contributed by atoms with E-state index in [1.807, 2.05) is 0 Å². The molecule has 0 radical (unpaired) electrons. The molecule has 3 rings (SSSR count). The zero-order chi connectivity index (χ0) is 20.6. The van der Waals surface area contributed by atoms with Crippen molar-refractivity contribution in [2.45, 2.75) is 51.0 Å². The zero-order valence-corrected chi connectivity index (χ0v) is 15.4. The largest absolute Gasteiger partial charge is 0.462 e. The molecule has 5 atom stereocenters. The molecule has 9 heteroatoms. The zero-order valence-electron chi connectivity index (χ0n) is 15.4. The van der Waals surface area contributed by atoms with Gasteiger partial charge in [0.15, 0.2) is 5.43 Å². The van der Waals surface area contributed by atoms with Crippen LogP contribution < -0.4 is 10.2 Å². The Labute approximate surface area is 159 Å². The maximum atomic E-state index is 12.4. The summed E-state index contributed by atoms with van der Waals surface area (Å²) in [5.74, 6) is 0.323. The molecular weight excluding hydrogens is 372 g/mol. The Morgan fingerprint density at radius 2 is 1.86 bits per heavy atom. The summed E-state index contributed by atoms with van der Waals surface area (Å²) in [5.41, 5.74) is 0.288. The van der Waals surface area contributed by atoms with Crippen LogP contribution in [0.5, 0.6) is 5.75 Å². The number of rotatable bonds is 5. The SMILES string of the molecule is CC(=O)Cc1cc(O[C@@H]2O[C@H](CO)[C@@H](O)[C@H](O)[C@H]2O)cc2oc(C)cc(=O)c12. The molecule has 1 aromatic heterocycles. The Bertz CT molecular complexity index is 933. The van der Waals surface area contributed by atoms with Crippen LogP contribution in [0.15, 0.2) is 27.4 Å². The topological polar surface area (TPSA) is 147 Å². The summed E-state index contributed by atoms with van der Waals surface area (Å²) in [4.78, 5) is 24.0. The van der Waals surface area contributed by atoms with E-state index in [1.165, 1.54) is 25.1 Å². The number of ether oxygens (including phenoxy) is 2. The van der Waals surface area contributed by atoms with E-state index in [1.54, 1.807) is 6.92 Å². The van der Waals surface area contributed by atoms with Gasteiger partial charge in [0, 0.05) is 18.6 Å². The molecule has 0 bridgehead atoms. The molecule has 0 saturated carbocycles. The third-order valence-corrected chi connectivity index (χ3v) is 4.55. The second kappa shape index (κ2) is 7.98. The Morgan fingerprint density at radius 1 is 1.14 bits per heavy atom. The summed E-state index contributed by atoms with van der Waals surface area (Å²) < 4.78 is 16.5. The van der Waals surface area contributed by atoms with E-state index >= 15 is 0 Å². The average Bonchev–Trinajstić information content (AvgIpc) is 2.60. The minimum Gasteiger partial charge on any atom is -0.462 e. The fraction of sp³-hybridized carbons (Fsp3) is 0.474. The van der Waals surface area contributed by atoms with Crippen molar-refractivity contribution in [3.63, 3.8) is 0 Å². The number of carbonyl (C=O) groups excluding carboxylic acids is 1. The van der Waals surface area contributed by atoms with E-state index in [9.17, 15) is 30.0 Å². The van der Waals surface area contributed by atoms with Gasteiger partial charge in [0.25, 0.3) is 0 Å². The summed E-state index contributed by atoms with van der Waals surface area (Å²) in [7, 11) is 0. The number of hydrogen-bond acceptors (Lipinski definition) is 9. The van der Waals surface area contributed by atoms with Crippen molar-refractivity contribution in [2.24, 2.45) is 0 Å². The number of hydrogen-bond donors (Lipinski definition) is 4. The first kappa shape index (κ1) is 20.4. The van der Waals surface area contributed by atoms with Crippen molar-refractivity contribution in [2.75, 3.05) is 6.61 Å². The second-order valence-corrected chi connectivity index (χ2v) is 6.87. The minimum absolute atomic E-state index is 0.0315. The normalized spacial score (nSPS) is 27.7. The van der Waals surface area contributed by atoms with Gasteiger partial charge >= 0.3 is 0 Å². The Hall–Kier alpha value is -2.30. The number of benzene rings is 1. The van der Waals surface area contributed by atoms with Gasteiger partial charge in [0.1, 0.15) is 47.3 Å². The highest BCUT2D eigenvalue weighted by atomic mass is 16.7. The van der Waals surface area contributed by atoms with Crippen molar-refractivity contribution in [1.29, 1.82) is 0 Å². The number of aliphatic hydroxyl groups is 4. The van der Waals surface area contributed by atoms with E-state index in [2.05, 4.69) is 0 Å². The van der Waals surface area contributed by atoms with E-state index in [0.717, 1.165) is 0 Å². The van der Waals surface area contributed by atoms with Gasteiger partial charge in [0.05, 0.1) is 12.0 Å². The molecule has 1 saturated heterocycles. The highest BCUT2D eigenvalue weighted by Gasteiger charge is 2.44. The molecule has 0 unspecified atom stereocenters. The molecular formula is C19H22O9. The van der Waals surface area contributed by atoms with Crippen LogP contribution in [-0.4, -0.2) is 63.5 Å². The summed E-state index contributed by atoms with van der Waals surface area (Å²) >= 11 is 0. The first-order valence-electron chi connectivity index (χ1n) is 8.75. The number of aliphatic hydroxyl groups excluding tert-OH is 4. The first-order valence-corrected chi connectivity index (χ1v) is 8.75. The van der Waals surface area contributed by atoms with E-state index in [0.29, 0.717) is 11.3 Å². The molecule has 2 aromatic rings. The summed E-state index contributed by atoms with van der Waals surface area (Å²) in [6.07, 6.45) is -7.24. The molecule has 0 amide bonds. The van der Waals surface area contributed by atoms with Gasteiger partial charge in [-0.05, 0) is 25.5 Å². The van der Waals surface area contributed by atoms with Crippen LogP contribution in [0.1, 0.15) is 18.2 Å². The molecule has 1 aliphatic rings. The fourth-order valence-electron chi connectivity index (χ4n) is 3.24. The van der Waals surface area contributed by atoms with Gasteiger partial charge < -0.3 is 34.3 Å². The third kappa shape index (κ3) is 3.94. The van der Waals surface area contributed by atoms with Crippen LogP contribution in [0.25, 0.3) is 11.0 Å². The van der Waals surface area contributed by atoms with Crippen molar-refractivity contribution in [1.82, 2.24) is 0 Å². The highest BCUT2D eigenvalue weighted by Crippen LogP contribution is 2.29. The lowest BCUT2D eigenvalue weighted by atomic mass is 9.99. The molecule has 1 aromatic carbocycles. The van der Waals surface area contributed by atoms with Gasteiger partial charge in [-0.3, -0.25) is 9.59 Å². The third-order valence-electron chi connectivity index (χ3n) is 4.55. The molecule has 0 aliphatic carbocycles. The number of fused-ring (bicyclic) bond motifs is 1. The molecule has 1 fully saturated rings. The minimum atomic E-state index is -1.59. The van der Waals surface area contributed by atoms with Crippen LogP contribution in [0.2, 0.25) is 0 Å². The van der Waals surface area contributed by atoms with Crippen molar-refractivity contribution in [3.05, 3.63) is 39.7 Å². The Morgan fingerprint density at radius 3 is 2.50 bits per heavy atom. The van der Waals surface area contributed by atoms with Gasteiger partial charge in [-0.2, -0.15) is 0 Å². The average molecular weight is 394 g/mol. The van der Waals surface area contributed by atoms with Crippen LogP contribution in [0.3, 0.4) is 0 Å². The number of Topliss-reactive ketones (excluding diaryl/α,β-unsaturated/α-hetero) is 1. The predicted molar refractivity (Wildman–Crippen MR) is 96.0 cm³/mol. The monoisotopic (exact) mass is 394 g/mol. The molecule has 152 valence electrons. The molecule has 2 heterocycles. The molecule has 0 spiro atoms. The van der Waals surface area contributed by atoms with Crippen LogP contribution >= 0.6 is 0 Å². The number of ketones is 1. The van der Waals surface area contributed by atoms with E-state index in [-0.39, 0.29) is 34.4 Å². The summed E-state index contributed by atoms with van der Waals surface area (Å²) in [5, 5.41) is 39.4. The molecule has 9 nitrogen and oxygen atoms in total. The molecule has 1 aliphatic heterocycles. The van der Waals surface area contributed by atoms with Gasteiger partial charge in [0.2, 0.25) is 6.29 Å². The highest BCUT2D eigenvalue weighted by molar-refractivity contribution is 5.88. The van der Waals surface area contributed by atoms with Crippen molar-refractivity contribution < 1.29 is 39.1 Å². The van der Waals surface area contributed by atoms with Gasteiger partial charge in [-0.15, -0.1) is 0 Å². The van der Waals surface area contributed by atoms with Crippen LogP contribution in [0, 0.1) is 6.92 Å². The quantitative estimate of drug-likeness (QED) is 0.522. The second-order valence-electron chi connectivity index (χ2n) is 6.87. The molecule has 4 N–H and O–H groups in total. The molecule has 28 heavy (non-hydrogen) atoms. The van der Waals surface area contributed by atoms with E-state index < -0.39 is 37.3 Å². The lowest BCUT2D eigenvalue weighted by Crippen LogP contribution is -2.60. The van der Waals surface area contributed by atoms with Crippen molar-refractivity contribution >= 4 is 16.8 Å². The lowest BCUT2D eigenvalue weighted by Gasteiger charge is -2.39. The summed E-state index contributed by atoms with van der Waals surface area (Å²) in [6, 6.07) is 4.19. The Balaban J connectivity index is 2.01. The number of carbonyl (C=O) groups is 1. The maximum Gasteiger partial charge on any atom is 0.229 e. The van der Waals surface area contributed by atoms with Gasteiger partial charge in [-0.25, -0.2) is 0 Å². The van der Waals surface area contributed by atoms with Crippen LogP contribution in [0.4, 0.5) is 0 Å². The maximum absolute atomic E-state index is 12.4. The smallest absolute Gasteiger partial charge is 0.229 e. The number of aryl methyl sites for hydroxylation is 1. The van der Waals surface area contributed by atoms with Gasteiger partial charge in [-0.1, -0.05) is 0 Å². The Kier molecular flexibility index (Phi) is 5.82. The summed E-state index contributed by atoms with van der Waals surface area (Å²) in [6.45, 7) is 2.40. The standard InChI is InChI=1S/C19H22O9/c1-8(21)3-10-5-11(6-13-15(10)12(22)4-9(2)26-13)27-19-18(25)17(24)16(23)14(7-20)28-19/h4-6,14,16-20,23-25H,3,7H2,1-2H3/t14-,16-,17+,18-,19-/m1/s1. The van der Waals surface area contributed by atoms with E-state index in [4.69, 9.17) is 13.9 Å².